The van der Waals surface area contributed by atoms with Crippen LogP contribution in [-0.2, 0) is 14.9 Å². The first-order valence-corrected chi connectivity index (χ1v) is 7.88. The second-order valence-electron chi connectivity index (χ2n) is 5.64. The Bertz CT molecular complexity index is 702. The largest absolute Gasteiger partial charge is 0.478 e. The van der Waals surface area contributed by atoms with Crippen molar-refractivity contribution in [3.8, 4) is 0 Å². The Morgan fingerprint density at radius 3 is 2.18 bits per heavy atom. The van der Waals surface area contributed by atoms with Gasteiger partial charge in [0.05, 0.1) is 11.1 Å². The maximum atomic E-state index is 12.2. The van der Waals surface area contributed by atoms with E-state index in [9.17, 15) is 22.6 Å². The van der Waals surface area contributed by atoms with Crippen LogP contribution in [0.25, 0.3) is 0 Å². The van der Waals surface area contributed by atoms with Crippen LogP contribution in [0.5, 0.6) is 0 Å². The summed E-state index contributed by atoms with van der Waals surface area (Å²) in [4.78, 5) is 22.3. The summed E-state index contributed by atoms with van der Waals surface area (Å²) in [6.07, 6.45) is 0. The highest BCUT2D eigenvalue weighted by molar-refractivity contribution is 7.86. The van der Waals surface area contributed by atoms with Crippen molar-refractivity contribution in [1.82, 2.24) is 0 Å². The lowest BCUT2D eigenvalue weighted by molar-refractivity contribution is -0.0226. The van der Waals surface area contributed by atoms with Gasteiger partial charge in [-0.25, -0.2) is 9.59 Å². The van der Waals surface area contributed by atoms with Crippen molar-refractivity contribution < 1.29 is 32.4 Å². The second kappa shape index (κ2) is 6.05. The number of carbonyl (C=O) groups is 2. The van der Waals surface area contributed by atoms with Crippen molar-refractivity contribution in [2.24, 2.45) is 5.92 Å². The van der Waals surface area contributed by atoms with Crippen LogP contribution in [0.1, 0.15) is 48.4 Å². The van der Waals surface area contributed by atoms with Crippen molar-refractivity contribution in [2.45, 2.75) is 38.2 Å². The Hall–Kier alpha value is -1.93. The van der Waals surface area contributed by atoms with Crippen LogP contribution < -0.4 is 0 Å². The van der Waals surface area contributed by atoms with Crippen LogP contribution in [0.15, 0.2) is 23.1 Å². The second-order valence-corrected chi connectivity index (χ2v) is 7.03. The summed E-state index contributed by atoms with van der Waals surface area (Å²) >= 11 is 0. The van der Waals surface area contributed by atoms with Crippen LogP contribution in [-0.4, -0.2) is 35.6 Å². The van der Waals surface area contributed by atoms with E-state index in [4.69, 9.17) is 9.84 Å². The van der Waals surface area contributed by atoms with E-state index in [0.717, 1.165) is 18.2 Å². The third-order valence-electron chi connectivity index (χ3n) is 3.47. The van der Waals surface area contributed by atoms with Crippen LogP contribution in [0.4, 0.5) is 0 Å². The van der Waals surface area contributed by atoms with Gasteiger partial charge in [-0.3, -0.25) is 4.55 Å². The van der Waals surface area contributed by atoms with Crippen molar-refractivity contribution in [1.29, 1.82) is 0 Å². The molecule has 0 heterocycles. The number of carboxylic acid groups (broad SMARTS) is 1. The summed E-state index contributed by atoms with van der Waals surface area (Å²) in [5.74, 6) is -2.38. The molecule has 8 heteroatoms. The molecule has 0 spiro atoms. The maximum absolute atomic E-state index is 12.2. The normalized spacial score (nSPS) is 12.3. The fourth-order valence-electron chi connectivity index (χ4n) is 1.45. The minimum absolute atomic E-state index is 0.0380. The Labute approximate surface area is 128 Å². The van der Waals surface area contributed by atoms with Gasteiger partial charge in [-0.2, -0.15) is 8.42 Å². The molecule has 1 aromatic carbocycles. The maximum Gasteiger partial charge on any atom is 0.340 e. The molecule has 22 heavy (non-hydrogen) atoms. The number of ether oxygens (including phenoxy) is 1. The van der Waals surface area contributed by atoms with E-state index in [1.54, 1.807) is 13.8 Å². The number of aromatic carboxylic acids is 1. The molecule has 0 fully saturated rings. The average Bonchev–Trinajstić information content (AvgIpc) is 2.36. The summed E-state index contributed by atoms with van der Waals surface area (Å²) < 4.78 is 37.2. The van der Waals surface area contributed by atoms with Gasteiger partial charge < -0.3 is 9.84 Å². The molecule has 0 atom stereocenters. The van der Waals surface area contributed by atoms with Crippen LogP contribution in [0.3, 0.4) is 0 Å². The molecule has 0 unspecified atom stereocenters. The predicted octanol–water partition coefficient (Wildman–Crippen LogP) is 2.22. The summed E-state index contributed by atoms with van der Waals surface area (Å²) in [5, 5.41) is 8.87. The Morgan fingerprint density at radius 2 is 1.77 bits per heavy atom. The van der Waals surface area contributed by atoms with Crippen molar-refractivity contribution in [3.63, 3.8) is 0 Å². The molecule has 0 aromatic heterocycles. The molecule has 1 rings (SSSR count). The van der Waals surface area contributed by atoms with Crippen LogP contribution >= 0.6 is 0 Å². The summed E-state index contributed by atoms with van der Waals surface area (Å²) in [6, 6.07) is 2.79. The molecule has 0 bridgehead atoms. The zero-order valence-corrected chi connectivity index (χ0v) is 13.5. The van der Waals surface area contributed by atoms with Crippen LogP contribution in [0.2, 0.25) is 0 Å². The van der Waals surface area contributed by atoms with E-state index < -0.39 is 38.1 Å². The zero-order chi connectivity index (χ0) is 17.3. The molecule has 0 saturated heterocycles. The van der Waals surface area contributed by atoms with Crippen molar-refractivity contribution in [3.05, 3.63) is 29.3 Å². The van der Waals surface area contributed by atoms with E-state index in [2.05, 4.69) is 0 Å². The monoisotopic (exact) mass is 330 g/mol. The molecule has 0 aliphatic heterocycles. The lowest BCUT2D eigenvalue weighted by Gasteiger charge is -2.29. The van der Waals surface area contributed by atoms with E-state index in [0.29, 0.717) is 0 Å². The van der Waals surface area contributed by atoms with E-state index in [1.807, 2.05) is 13.8 Å². The van der Waals surface area contributed by atoms with Gasteiger partial charge in [0.2, 0.25) is 0 Å². The fourth-order valence-corrected chi connectivity index (χ4v) is 2.15. The lowest BCUT2D eigenvalue weighted by Crippen LogP contribution is -2.34. The van der Waals surface area contributed by atoms with Crippen molar-refractivity contribution in [2.75, 3.05) is 0 Å². The highest BCUT2D eigenvalue weighted by Crippen LogP contribution is 2.25. The smallest absolute Gasteiger partial charge is 0.340 e. The van der Waals surface area contributed by atoms with E-state index in [-0.39, 0.29) is 11.5 Å². The minimum Gasteiger partial charge on any atom is -0.478 e. The highest BCUT2D eigenvalue weighted by atomic mass is 32.2. The van der Waals surface area contributed by atoms with Gasteiger partial charge in [0.25, 0.3) is 10.1 Å². The molecule has 7 nitrogen and oxygen atoms in total. The topological polar surface area (TPSA) is 118 Å². The number of esters is 1. The quantitative estimate of drug-likeness (QED) is 0.627. The average molecular weight is 330 g/mol. The molecule has 0 aliphatic carbocycles. The van der Waals surface area contributed by atoms with Gasteiger partial charge in [-0.1, -0.05) is 13.8 Å². The number of benzene rings is 1. The summed E-state index contributed by atoms with van der Waals surface area (Å²) in [6.45, 7) is 6.97. The van der Waals surface area contributed by atoms with E-state index >= 15 is 0 Å². The molecule has 0 amide bonds. The van der Waals surface area contributed by atoms with Gasteiger partial charge in [-0.15, -0.1) is 0 Å². The number of rotatable bonds is 5. The first-order chi connectivity index (χ1) is 9.86. The molecular weight excluding hydrogens is 312 g/mol. The number of hydrogen-bond acceptors (Lipinski definition) is 5. The summed E-state index contributed by atoms with van der Waals surface area (Å²) in [5.41, 5.74) is -1.65. The van der Waals surface area contributed by atoms with Gasteiger partial charge in [0.1, 0.15) is 10.5 Å². The first kappa shape index (κ1) is 18.1. The summed E-state index contributed by atoms with van der Waals surface area (Å²) in [7, 11) is -4.77. The number of carbonyl (C=O) groups excluding carboxylic acids is 1. The van der Waals surface area contributed by atoms with Gasteiger partial charge >= 0.3 is 11.9 Å². The minimum atomic E-state index is -4.77. The SMILES string of the molecule is CC(C)C(C)(C)OC(=O)c1ccc(C(=O)O)cc1S(=O)(=O)O. The standard InChI is InChI=1S/C14H18O7S/c1-8(2)14(3,4)21-13(17)10-6-5-9(12(15)16)7-11(10)22(18,19)20/h5-8H,1-4H3,(H,15,16)(H,18,19,20). The Morgan fingerprint density at radius 1 is 1.23 bits per heavy atom. The molecular formula is C14H18O7S. The zero-order valence-electron chi connectivity index (χ0n) is 12.7. The molecule has 122 valence electrons. The van der Waals surface area contributed by atoms with Gasteiger partial charge in [0.15, 0.2) is 0 Å². The molecule has 0 radical (unpaired) electrons. The number of hydrogen-bond donors (Lipinski definition) is 2. The molecule has 0 aliphatic rings. The van der Waals surface area contributed by atoms with Gasteiger partial charge in [0, 0.05) is 0 Å². The number of carboxylic acids is 1. The molecule has 1 aromatic rings. The lowest BCUT2D eigenvalue weighted by atomic mass is 9.94. The fraction of sp³-hybridized carbons (Fsp3) is 0.429. The predicted molar refractivity (Wildman–Crippen MR) is 77.5 cm³/mol. The van der Waals surface area contributed by atoms with Crippen LogP contribution in [0, 0.1) is 5.92 Å². The highest BCUT2D eigenvalue weighted by Gasteiger charge is 2.30. The van der Waals surface area contributed by atoms with Crippen molar-refractivity contribution >= 4 is 22.1 Å². The third-order valence-corrected chi connectivity index (χ3v) is 4.37. The van der Waals surface area contributed by atoms with E-state index in [1.165, 1.54) is 0 Å². The first-order valence-electron chi connectivity index (χ1n) is 6.44. The third kappa shape index (κ3) is 4.05. The van der Waals surface area contributed by atoms with Gasteiger partial charge in [-0.05, 0) is 38.0 Å². The Balaban J connectivity index is 3.36. The molecule has 0 saturated carbocycles. The Kier molecular flexibility index (Phi) is 4.99. The molecule has 2 N–H and O–H groups in total.